The third kappa shape index (κ3) is 7.52. The van der Waals surface area contributed by atoms with Crippen molar-refractivity contribution in [2.75, 3.05) is 13.1 Å². The zero-order chi connectivity index (χ0) is 21.4. The summed E-state index contributed by atoms with van der Waals surface area (Å²) >= 11 is 3.60. The fourth-order valence-corrected chi connectivity index (χ4v) is 4.67. The zero-order valence-corrected chi connectivity index (χ0v) is 20.0. The van der Waals surface area contributed by atoms with Crippen LogP contribution in [0.1, 0.15) is 49.8 Å². The van der Waals surface area contributed by atoms with Crippen LogP contribution in [0.15, 0.2) is 51.8 Å². The fourth-order valence-electron chi connectivity index (χ4n) is 3.78. The second-order valence-electron chi connectivity index (χ2n) is 7.63. The highest BCUT2D eigenvalue weighted by Gasteiger charge is 2.23. The molecule has 2 aromatic carbocycles. The summed E-state index contributed by atoms with van der Waals surface area (Å²) < 4.78 is 30.8. The molecule has 0 spiro atoms. The minimum atomic E-state index is -4.02. The molecule has 29 heavy (non-hydrogen) atoms. The van der Waals surface area contributed by atoms with Crippen LogP contribution in [-0.2, 0) is 23.0 Å². The van der Waals surface area contributed by atoms with Gasteiger partial charge in [-0.1, -0.05) is 53.5 Å². The minimum Gasteiger partial charge on any atom is -0.300 e. The van der Waals surface area contributed by atoms with E-state index in [1.165, 1.54) is 61.8 Å². The van der Waals surface area contributed by atoms with Gasteiger partial charge in [0.1, 0.15) is 0 Å². The maximum absolute atomic E-state index is 10.5. The minimum absolute atomic E-state index is 0.0666. The third-order valence-electron chi connectivity index (χ3n) is 5.23. The predicted molar refractivity (Wildman–Crippen MR) is 123 cm³/mol. The predicted octanol–water partition coefficient (Wildman–Crippen LogP) is 5.67. The monoisotopic (exact) mass is 481 g/mol. The first-order valence-corrected chi connectivity index (χ1v) is 12.5. The first kappa shape index (κ1) is 24.1. The van der Waals surface area contributed by atoms with Crippen LogP contribution in [0.4, 0.5) is 0 Å². The maximum atomic E-state index is 10.5. The Hall–Kier alpha value is -1.21. The lowest BCUT2D eigenvalue weighted by Crippen LogP contribution is -2.40. The molecule has 1 aliphatic carbocycles. The molecule has 0 heterocycles. The number of benzene rings is 2. The van der Waals surface area contributed by atoms with Crippen LogP contribution in [0.3, 0.4) is 0 Å². The van der Waals surface area contributed by atoms with Gasteiger partial charge in [-0.3, -0.25) is 4.55 Å². The van der Waals surface area contributed by atoms with Gasteiger partial charge in [0.25, 0.3) is 10.1 Å². The van der Waals surface area contributed by atoms with Crippen molar-refractivity contribution in [2.24, 2.45) is 0 Å². The van der Waals surface area contributed by atoms with Crippen LogP contribution >= 0.6 is 15.9 Å². The first-order chi connectivity index (χ1) is 13.7. The van der Waals surface area contributed by atoms with E-state index in [0.29, 0.717) is 0 Å². The number of fused-ring (bicyclic) bond motifs is 1. The summed E-state index contributed by atoms with van der Waals surface area (Å²) in [7, 11) is -4.02. The van der Waals surface area contributed by atoms with E-state index >= 15 is 0 Å². The molecule has 0 aliphatic heterocycles. The van der Waals surface area contributed by atoms with E-state index < -0.39 is 10.1 Å². The molecule has 0 bridgehead atoms. The smallest absolute Gasteiger partial charge is 0.294 e. The molecule has 0 aromatic heterocycles. The van der Waals surface area contributed by atoms with Gasteiger partial charge in [0, 0.05) is 10.5 Å². The van der Waals surface area contributed by atoms with E-state index in [9.17, 15) is 8.42 Å². The standard InChI is InChI=1S/C16H24BrN.C7H8O3S/c1-3-9-18(10-4-2)16-8-6-13-5-7-15(17)11-14(13)12-16;1-6-2-4-7(5-3-6)11(8,9)10/h5,7,11,16H,3-4,6,8-10,12H2,1-2H3;2-5H,1H3,(H,8,9,10)/t16-;/m1./s1. The lowest BCUT2D eigenvalue weighted by Gasteiger charge is -2.35. The van der Waals surface area contributed by atoms with E-state index in [2.05, 4.69) is 52.9 Å². The van der Waals surface area contributed by atoms with Crippen LogP contribution in [0.2, 0.25) is 0 Å². The first-order valence-electron chi connectivity index (χ1n) is 10.3. The molecule has 0 fully saturated rings. The molecule has 160 valence electrons. The highest BCUT2D eigenvalue weighted by Crippen LogP contribution is 2.27. The molecule has 6 heteroatoms. The normalized spacial score (nSPS) is 16.1. The number of aryl methyl sites for hydroxylation is 2. The lowest BCUT2D eigenvalue weighted by atomic mass is 9.87. The topological polar surface area (TPSA) is 57.6 Å². The van der Waals surface area contributed by atoms with Gasteiger partial charge >= 0.3 is 0 Å². The highest BCUT2D eigenvalue weighted by atomic mass is 79.9. The second-order valence-corrected chi connectivity index (χ2v) is 9.97. The molecule has 2 aromatic rings. The van der Waals surface area contributed by atoms with Gasteiger partial charge in [0.05, 0.1) is 4.90 Å². The average Bonchev–Trinajstić information content (AvgIpc) is 2.67. The Balaban J connectivity index is 0.000000234. The molecular weight excluding hydrogens is 450 g/mol. The number of rotatable bonds is 6. The largest absolute Gasteiger partial charge is 0.300 e. The molecule has 0 radical (unpaired) electrons. The van der Waals surface area contributed by atoms with Crippen molar-refractivity contribution >= 4 is 26.0 Å². The molecule has 0 unspecified atom stereocenters. The second kappa shape index (κ2) is 11.3. The summed E-state index contributed by atoms with van der Waals surface area (Å²) in [4.78, 5) is 2.63. The van der Waals surface area contributed by atoms with Gasteiger partial charge in [-0.05, 0) is 87.5 Å². The van der Waals surface area contributed by atoms with Gasteiger partial charge in [-0.2, -0.15) is 8.42 Å². The fraction of sp³-hybridized carbons (Fsp3) is 0.478. The molecular formula is C23H32BrNO3S. The van der Waals surface area contributed by atoms with Gasteiger partial charge in [0.2, 0.25) is 0 Å². The highest BCUT2D eigenvalue weighted by molar-refractivity contribution is 9.10. The van der Waals surface area contributed by atoms with Crippen molar-refractivity contribution in [3.05, 3.63) is 63.6 Å². The van der Waals surface area contributed by atoms with Crippen LogP contribution in [0.5, 0.6) is 0 Å². The Bertz CT molecular complexity index is 875. The molecule has 1 aliphatic rings. The molecule has 3 rings (SSSR count). The quantitative estimate of drug-likeness (QED) is 0.539. The summed E-state index contributed by atoms with van der Waals surface area (Å²) in [6, 6.07) is 13.5. The van der Waals surface area contributed by atoms with Crippen molar-refractivity contribution in [3.63, 3.8) is 0 Å². The molecule has 4 nitrogen and oxygen atoms in total. The Labute approximate surface area is 184 Å². The number of halogens is 1. The van der Waals surface area contributed by atoms with Gasteiger partial charge in [-0.15, -0.1) is 0 Å². The van der Waals surface area contributed by atoms with Crippen LogP contribution in [-0.4, -0.2) is 37.0 Å². The SMILES string of the molecule is CCCN(CCC)[C@@H]1CCc2ccc(Br)cc2C1.Cc1ccc(S(=O)(=O)O)cc1. The van der Waals surface area contributed by atoms with E-state index in [4.69, 9.17) is 4.55 Å². The molecule has 0 amide bonds. The van der Waals surface area contributed by atoms with E-state index in [1.54, 1.807) is 23.3 Å². The van der Waals surface area contributed by atoms with E-state index in [-0.39, 0.29) is 4.90 Å². The van der Waals surface area contributed by atoms with Gasteiger partial charge in [0.15, 0.2) is 0 Å². The Kier molecular flexibility index (Phi) is 9.34. The van der Waals surface area contributed by atoms with E-state index in [0.717, 1.165) is 11.6 Å². The van der Waals surface area contributed by atoms with Gasteiger partial charge in [-0.25, -0.2) is 0 Å². The maximum Gasteiger partial charge on any atom is 0.294 e. The Morgan fingerprint density at radius 2 is 1.66 bits per heavy atom. The zero-order valence-electron chi connectivity index (χ0n) is 17.6. The number of hydrogen-bond donors (Lipinski definition) is 1. The van der Waals surface area contributed by atoms with Gasteiger partial charge < -0.3 is 4.90 Å². The lowest BCUT2D eigenvalue weighted by molar-refractivity contribution is 0.180. The van der Waals surface area contributed by atoms with E-state index in [1.807, 2.05) is 6.92 Å². The summed E-state index contributed by atoms with van der Waals surface area (Å²) in [5, 5.41) is 0. The Morgan fingerprint density at radius 1 is 1.03 bits per heavy atom. The van der Waals surface area contributed by atoms with Crippen molar-refractivity contribution in [3.8, 4) is 0 Å². The van der Waals surface area contributed by atoms with Crippen molar-refractivity contribution in [1.82, 2.24) is 4.90 Å². The molecule has 1 atom stereocenters. The molecule has 0 saturated carbocycles. The third-order valence-corrected chi connectivity index (χ3v) is 6.59. The molecule has 1 N–H and O–H groups in total. The summed E-state index contributed by atoms with van der Waals surface area (Å²) in [5.41, 5.74) is 4.07. The van der Waals surface area contributed by atoms with Crippen molar-refractivity contribution in [2.45, 2.75) is 63.8 Å². The number of nitrogens with zero attached hydrogens (tertiary/aromatic N) is 1. The number of hydrogen-bond acceptors (Lipinski definition) is 3. The average molecular weight is 482 g/mol. The van der Waals surface area contributed by atoms with Crippen LogP contribution in [0.25, 0.3) is 0 Å². The van der Waals surface area contributed by atoms with Crippen molar-refractivity contribution in [1.29, 1.82) is 0 Å². The van der Waals surface area contributed by atoms with Crippen molar-refractivity contribution < 1.29 is 13.0 Å². The summed E-state index contributed by atoms with van der Waals surface area (Å²) in [6.07, 6.45) is 6.34. The van der Waals surface area contributed by atoms with Crippen LogP contribution in [0, 0.1) is 6.92 Å². The summed E-state index contributed by atoms with van der Waals surface area (Å²) in [6.45, 7) is 8.92. The van der Waals surface area contributed by atoms with Crippen LogP contribution < -0.4 is 0 Å². The summed E-state index contributed by atoms with van der Waals surface area (Å²) in [5.74, 6) is 0. The Morgan fingerprint density at radius 3 is 2.21 bits per heavy atom. The molecule has 0 saturated heterocycles.